The van der Waals surface area contributed by atoms with Crippen molar-refractivity contribution in [2.75, 3.05) is 6.54 Å². The Labute approximate surface area is 110 Å². The molecule has 94 valence electrons. The number of aromatic hydroxyl groups is 1. The normalized spacial score (nSPS) is 24.1. The predicted octanol–water partition coefficient (Wildman–Crippen LogP) is 2.41. The minimum Gasteiger partial charge on any atom is -0.508 e. The van der Waals surface area contributed by atoms with E-state index in [9.17, 15) is 10.2 Å². The number of rotatable bonds is 4. The van der Waals surface area contributed by atoms with Crippen LogP contribution in [0.15, 0.2) is 22.7 Å². The minimum absolute atomic E-state index is 0.154. The van der Waals surface area contributed by atoms with Crippen LogP contribution >= 0.6 is 15.9 Å². The van der Waals surface area contributed by atoms with E-state index >= 15 is 0 Å². The van der Waals surface area contributed by atoms with Gasteiger partial charge in [0.05, 0.1) is 6.10 Å². The summed E-state index contributed by atoms with van der Waals surface area (Å²) >= 11 is 3.39. The average Bonchev–Trinajstić information content (AvgIpc) is 2.70. The summed E-state index contributed by atoms with van der Waals surface area (Å²) in [5.74, 6) is 0.678. The summed E-state index contributed by atoms with van der Waals surface area (Å²) in [6.07, 6.45) is 2.99. The SMILES string of the molecule is Oc1ccc(Br)cc1CNCC1CCCC1O. The maximum absolute atomic E-state index is 9.69. The molecule has 1 aliphatic carbocycles. The molecule has 17 heavy (non-hydrogen) atoms. The smallest absolute Gasteiger partial charge is 0.120 e. The van der Waals surface area contributed by atoms with Crippen LogP contribution < -0.4 is 5.32 Å². The fourth-order valence-electron chi connectivity index (χ4n) is 2.34. The number of aliphatic hydroxyl groups excluding tert-OH is 1. The molecule has 2 rings (SSSR count). The molecule has 1 fully saturated rings. The summed E-state index contributed by atoms with van der Waals surface area (Å²) in [5.41, 5.74) is 0.881. The molecular weight excluding hydrogens is 282 g/mol. The summed E-state index contributed by atoms with van der Waals surface area (Å²) < 4.78 is 0.966. The van der Waals surface area contributed by atoms with Crippen molar-refractivity contribution in [3.8, 4) is 5.75 Å². The number of benzene rings is 1. The molecule has 0 aromatic heterocycles. The van der Waals surface area contributed by atoms with Gasteiger partial charge in [-0.05, 0) is 37.0 Å². The fraction of sp³-hybridized carbons (Fsp3) is 0.538. The van der Waals surface area contributed by atoms with Crippen molar-refractivity contribution in [2.45, 2.75) is 31.9 Å². The molecule has 0 spiro atoms. The summed E-state index contributed by atoms with van der Waals surface area (Å²) in [7, 11) is 0. The van der Waals surface area contributed by atoms with Gasteiger partial charge in [-0.15, -0.1) is 0 Å². The summed E-state index contributed by atoms with van der Waals surface area (Å²) in [6, 6.07) is 5.42. The zero-order chi connectivity index (χ0) is 12.3. The van der Waals surface area contributed by atoms with Crippen molar-refractivity contribution in [1.29, 1.82) is 0 Å². The molecule has 0 aliphatic heterocycles. The van der Waals surface area contributed by atoms with E-state index in [-0.39, 0.29) is 6.10 Å². The first-order valence-corrected chi connectivity index (χ1v) is 6.82. The molecule has 1 saturated carbocycles. The third-order valence-corrected chi connectivity index (χ3v) is 3.88. The molecule has 2 atom stereocenters. The molecule has 0 radical (unpaired) electrons. The third kappa shape index (κ3) is 3.44. The van der Waals surface area contributed by atoms with Gasteiger partial charge >= 0.3 is 0 Å². The minimum atomic E-state index is -0.154. The molecular formula is C13H18BrNO2. The van der Waals surface area contributed by atoms with Crippen LogP contribution in [0.1, 0.15) is 24.8 Å². The van der Waals surface area contributed by atoms with Crippen molar-refractivity contribution in [3.63, 3.8) is 0 Å². The fourth-order valence-corrected chi connectivity index (χ4v) is 2.75. The molecule has 1 aromatic rings. The van der Waals surface area contributed by atoms with Gasteiger partial charge in [-0.3, -0.25) is 0 Å². The summed E-state index contributed by atoms with van der Waals surface area (Å²) in [5, 5.41) is 22.7. The summed E-state index contributed by atoms with van der Waals surface area (Å²) in [6.45, 7) is 1.45. The zero-order valence-corrected chi connectivity index (χ0v) is 11.3. The number of aliphatic hydroxyl groups is 1. The topological polar surface area (TPSA) is 52.5 Å². The van der Waals surface area contributed by atoms with Gasteiger partial charge in [0.15, 0.2) is 0 Å². The van der Waals surface area contributed by atoms with Gasteiger partial charge in [-0.25, -0.2) is 0 Å². The lowest BCUT2D eigenvalue weighted by atomic mass is 10.1. The van der Waals surface area contributed by atoms with E-state index in [4.69, 9.17) is 0 Å². The van der Waals surface area contributed by atoms with Gasteiger partial charge in [-0.2, -0.15) is 0 Å². The molecule has 1 aliphatic rings. The number of phenolic OH excluding ortho intramolecular Hbond substituents is 1. The van der Waals surface area contributed by atoms with Crippen molar-refractivity contribution >= 4 is 15.9 Å². The van der Waals surface area contributed by atoms with Crippen LogP contribution in [0, 0.1) is 5.92 Å². The highest BCUT2D eigenvalue weighted by molar-refractivity contribution is 9.10. The second-order valence-corrected chi connectivity index (χ2v) is 5.58. The summed E-state index contributed by atoms with van der Waals surface area (Å²) in [4.78, 5) is 0. The van der Waals surface area contributed by atoms with Crippen LogP contribution in [-0.4, -0.2) is 22.9 Å². The molecule has 2 unspecified atom stereocenters. The highest BCUT2D eigenvalue weighted by Crippen LogP contribution is 2.25. The Balaban J connectivity index is 1.83. The second kappa shape index (κ2) is 5.85. The Bertz CT molecular complexity index is 384. The van der Waals surface area contributed by atoms with E-state index < -0.39 is 0 Å². The van der Waals surface area contributed by atoms with Crippen LogP contribution in [0.4, 0.5) is 0 Å². The van der Waals surface area contributed by atoms with Gasteiger partial charge in [0.25, 0.3) is 0 Å². The Hall–Kier alpha value is -0.580. The highest BCUT2D eigenvalue weighted by Gasteiger charge is 2.24. The van der Waals surface area contributed by atoms with Crippen molar-refractivity contribution in [1.82, 2.24) is 5.32 Å². The first-order chi connectivity index (χ1) is 8.16. The molecule has 0 amide bonds. The molecule has 4 heteroatoms. The third-order valence-electron chi connectivity index (χ3n) is 3.38. The Morgan fingerprint density at radius 1 is 1.35 bits per heavy atom. The van der Waals surface area contributed by atoms with Gasteiger partial charge in [0.2, 0.25) is 0 Å². The quantitative estimate of drug-likeness (QED) is 0.800. The molecule has 3 N–H and O–H groups in total. The van der Waals surface area contributed by atoms with E-state index in [2.05, 4.69) is 21.2 Å². The van der Waals surface area contributed by atoms with Crippen LogP contribution in [0.2, 0.25) is 0 Å². The van der Waals surface area contributed by atoms with Gasteiger partial charge in [0.1, 0.15) is 5.75 Å². The van der Waals surface area contributed by atoms with E-state index in [1.165, 1.54) is 0 Å². The molecule has 1 aromatic carbocycles. The lowest BCUT2D eigenvalue weighted by Crippen LogP contribution is -2.27. The average molecular weight is 300 g/mol. The molecule has 0 bridgehead atoms. The monoisotopic (exact) mass is 299 g/mol. The van der Waals surface area contributed by atoms with E-state index in [1.54, 1.807) is 6.07 Å². The number of phenols is 1. The first-order valence-electron chi connectivity index (χ1n) is 6.03. The Morgan fingerprint density at radius 3 is 2.88 bits per heavy atom. The predicted molar refractivity (Wildman–Crippen MR) is 70.9 cm³/mol. The number of nitrogens with one attached hydrogen (secondary N) is 1. The maximum Gasteiger partial charge on any atom is 0.120 e. The second-order valence-electron chi connectivity index (χ2n) is 4.66. The number of hydrogen-bond donors (Lipinski definition) is 3. The standard InChI is InChI=1S/C13H18BrNO2/c14-11-4-5-13(17)10(6-11)8-15-7-9-2-1-3-12(9)16/h4-6,9,12,15-17H,1-3,7-8H2. The van der Waals surface area contributed by atoms with E-state index in [0.717, 1.165) is 35.8 Å². The lowest BCUT2D eigenvalue weighted by Gasteiger charge is -2.15. The van der Waals surface area contributed by atoms with Crippen LogP contribution in [0.5, 0.6) is 5.75 Å². The van der Waals surface area contributed by atoms with Crippen molar-refractivity contribution in [2.24, 2.45) is 5.92 Å². The van der Waals surface area contributed by atoms with E-state index in [0.29, 0.717) is 18.2 Å². The number of hydrogen-bond acceptors (Lipinski definition) is 3. The van der Waals surface area contributed by atoms with E-state index in [1.807, 2.05) is 12.1 Å². The molecule has 0 heterocycles. The molecule has 3 nitrogen and oxygen atoms in total. The van der Waals surface area contributed by atoms with Gasteiger partial charge in [-0.1, -0.05) is 22.4 Å². The van der Waals surface area contributed by atoms with Gasteiger partial charge in [0, 0.05) is 23.1 Å². The Morgan fingerprint density at radius 2 is 2.18 bits per heavy atom. The van der Waals surface area contributed by atoms with Crippen molar-refractivity contribution in [3.05, 3.63) is 28.2 Å². The highest BCUT2D eigenvalue weighted by atomic mass is 79.9. The Kier molecular flexibility index (Phi) is 4.42. The molecule has 0 saturated heterocycles. The first kappa shape index (κ1) is 12.9. The zero-order valence-electron chi connectivity index (χ0n) is 9.69. The largest absolute Gasteiger partial charge is 0.508 e. The van der Waals surface area contributed by atoms with Gasteiger partial charge < -0.3 is 15.5 Å². The lowest BCUT2D eigenvalue weighted by molar-refractivity contribution is 0.131. The van der Waals surface area contributed by atoms with Crippen LogP contribution in [0.25, 0.3) is 0 Å². The number of halogens is 1. The van der Waals surface area contributed by atoms with Crippen molar-refractivity contribution < 1.29 is 10.2 Å². The maximum atomic E-state index is 9.69. The van der Waals surface area contributed by atoms with Crippen LogP contribution in [0.3, 0.4) is 0 Å². The van der Waals surface area contributed by atoms with Crippen LogP contribution in [-0.2, 0) is 6.54 Å².